The molecular weight excluding hydrogens is 242 g/mol. The smallest absolute Gasteiger partial charge is 0.257 e. The molecule has 1 N–H and O–H groups in total. The number of hydrogen-bond acceptors (Lipinski definition) is 3. The van der Waals surface area contributed by atoms with Gasteiger partial charge in [-0.25, -0.2) is 0 Å². The van der Waals surface area contributed by atoms with Crippen LogP contribution >= 0.6 is 0 Å². The van der Waals surface area contributed by atoms with Crippen LogP contribution in [0.2, 0.25) is 0 Å². The zero-order valence-corrected chi connectivity index (χ0v) is 12.0. The minimum atomic E-state index is -0.0874. The van der Waals surface area contributed by atoms with Gasteiger partial charge >= 0.3 is 0 Å². The van der Waals surface area contributed by atoms with Crippen LogP contribution in [0, 0.1) is 13.8 Å². The van der Waals surface area contributed by atoms with E-state index >= 15 is 0 Å². The van der Waals surface area contributed by atoms with Crippen molar-refractivity contribution in [1.82, 2.24) is 5.32 Å². The Morgan fingerprint density at radius 1 is 1.21 bits per heavy atom. The van der Waals surface area contributed by atoms with E-state index in [1.807, 2.05) is 32.0 Å². The molecule has 0 radical (unpaired) electrons. The molecule has 0 aromatic heterocycles. The van der Waals surface area contributed by atoms with Gasteiger partial charge in [0.25, 0.3) is 5.91 Å². The lowest BCUT2D eigenvalue weighted by molar-refractivity contribution is -0.123. The van der Waals surface area contributed by atoms with Gasteiger partial charge in [0.1, 0.15) is 5.75 Å². The molecule has 0 aliphatic heterocycles. The zero-order chi connectivity index (χ0) is 14.1. The summed E-state index contributed by atoms with van der Waals surface area (Å²) in [5, 5.41) is 2.82. The molecule has 0 aliphatic rings. The number of methoxy groups -OCH3 is 1. The van der Waals surface area contributed by atoms with Crippen molar-refractivity contribution in [2.45, 2.75) is 26.7 Å². The lowest BCUT2D eigenvalue weighted by Crippen LogP contribution is -2.29. The number of hydrogen-bond donors (Lipinski definition) is 1. The van der Waals surface area contributed by atoms with E-state index in [-0.39, 0.29) is 12.5 Å². The minimum absolute atomic E-state index is 0.0623. The third-order valence-electron chi connectivity index (χ3n) is 2.95. The van der Waals surface area contributed by atoms with E-state index in [4.69, 9.17) is 9.47 Å². The third-order valence-corrected chi connectivity index (χ3v) is 2.95. The van der Waals surface area contributed by atoms with Crippen LogP contribution in [0.25, 0.3) is 0 Å². The SMILES string of the molecule is COCCCCNC(=O)COc1ccc(C)c(C)c1. The molecule has 19 heavy (non-hydrogen) atoms. The Labute approximate surface area is 115 Å². The van der Waals surface area contributed by atoms with Crippen LogP contribution in [0.1, 0.15) is 24.0 Å². The summed E-state index contributed by atoms with van der Waals surface area (Å²) in [6.45, 7) is 5.53. The largest absolute Gasteiger partial charge is 0.484 e. The van der Waals surface area contributed by atoms with Gasteiger partial charge in [0, 0.05) is 20.3 Å². The summed E-state index contributed by atoms with van der Waals surface area (Å²) in [5.41, 5.74) is 2.38. The van der Waals surface area contributed by atoms with Gasteiger partial charge in [0.15, 0.2) is 6.61 Å². The van der Waals surface area contributed by atoms with E-state index in [1.54, 1.807) is 7.11 Å². The molecule has 0 spiro atoms. The first-order valence-corrected chi connectivity index (χ1v) is 6.59. The van der Waals surface area contributed by atoms with E-state index in [0.29, 0.717) is 6.54 Å². The Morgan fingerprint density at radius 3 is 2.68 bits per heavy atom. The highest BCUT2D eigenvalue weighted by atomic mass is 16.5. The molecule has 106 valence electrons. The molecule has 4 heteroatoms. The average molecular weight is 265 g/mol. The van der Waals surface area contributed by atoms with Crippen LogP contribution in [0.15, 0.2) is 18.2 Å². The molecule has 1 aromatic carbocycles. The molecule has 1 rings (SSSR count). The topological polar surface area (TPSA) is 47.6 Å². The van der Waals surface area contributed by atoms with E-state index < -0.39 is 0 Å². The van der Waals surface area contributed by atoms with Crippen molar-refractivity contribution in [3.05, 3.63) is 29.3 Å². The summed E-state index contributed by atoms with van der Waals surface area (Å²) in [6, 6.07) is 5.82. The molecule has 0 unspecified atom stereocenters. The number of rotatable bonds is 8. The number of unbranched alkanes of at least 4 members (excludes halogenated alkanes) is 1. The summed E-state index contributed by atoms with van der Waals surface area (Å²) >= 11 is 0. The van der Waals surface area contributed by atoms with Gasteiger partial charge in [-0.1, -0.05) is 6.07 Å². The fourth-order valence-corrected chi connectivity index (χ4v) is 1.60. The van der Waals surface area contributed by atoms with Crippen molar-refractivity contribution in [2.75, 3.05) is 26.9 Å². The minimum Gasteiger partial charge on any atom is -0.484 e. The molecular formula is C15H23NO3. The van der Waals surface area contributed by atoms with Crippen molar-refractivity contribution < 1.29 is 14.3 Å². The van der Waals surface area contributed by atoms with Crippen LogP contribution in [0.5, 0.6) is 5.75 Å². The Balaban J connectivity index is 2.20. The fourth-order valence-electron chi connectivity index (χ4n) is 1.60. The average Bonchev–Trinajstić information content (AvgIpc) is 2.40. The van der Waals surface area contributed by atoms with E-state index in [0.717, 1.165) is 30.8 Å². The molecule has 0 saturated heterocycles. The highest BCUT2D eigenvalue weighted by Crippen LogP contribution is 2.16. The Morgan fingerprint density at radius 2 is 2.00 bits per heavy atom. The van der Waals surface area contributed by atoms with Crippen LogP contribution in [-0.2, 0) is 9.53 Å². The van der Waals surface area contributed by atoms with E-state index in [1.165, 1.54) is 5.56 Å². The van der Waals surface area contributed by atoms with Gasteiger partial charge in [-0.3, -0.25) is 4.79 Å². The van der Waals surface area contributed by atoms with Gasteiger partial charge in [0.2, 0.25) is 0 Å². The maximum absolute atomic E-state index is 11.5. The molecule has 0 bridgehead atoms. The van der Waals surface area contributed by atoms with Crippen LogP contribution < -0.4 is 10.1 Å². The molecule has 0 atom stereocenters. The van der Waals surface area contributed by atoms with Gasteiger partial charge in [0.05, 0.1) is 0 Å². The van der Waals surface area contributed by atoms with Crippen molar-refractivity contribution in [2.24, 2.45) is 0 Å². The number of aryl methyl sites for hydroxylation is 2. The van der Waals surface area contributed by atoms with E-state index in [2.05, 4.69) is 5.32 Å². The predicted octanol–water partition coefficient (Wildman–Crippen LogP) is 2.23. The van der Waals surface area contributed by atoms with Crippen molar-refractivity contribution in [3.8, 4) is 5.75 Å². The highest BCUT2D eigenvalue weighted by Gasteiger charge is 2.03. The second-order valence-electron chi connectivity index (χ2n) is 4.58. The first-order chi connectivity index (χ1) is 9.13. The molecule has 1 aromatic rings. The van der Waals surface area contributed by atoms with Gasteiger partial charge in [-0.2, -0.15) is 0 Å². The lowest BCUT2D eigenvalue weighted by atomic mass is 10.1. The number of ether oxygens (including phenoxy) is 2. The number of benzene rings is 1. The standard InChI is InChI=1S/C15H23NO3/c1-12-6-7-14(10-13(12)2)19-11-15(17)16-8-4-5-9-18-3/h6-7,10H,4-5,8-9,11H2,1-3H3,(H,16,17). The van der Waals surface area contributed by atoms with Crippen LogP contribution in [0.4, 0.5) is 0 Å². The second-order valence-corrected chi connectivity index (χ2v) is 4.58. The molecule has 4 nitrogen and oxygen atoms in total. The monoisotopic (exact) mass is 265 g/mol. The Bertz CT molecular complexity index is 404. The maximum Gasteiger partial charge on any atom is 0.257 e. The van der Waals surface area contributed by atoms with Crippen LogP contribution in [-0.4, -0.2) is 32.8 Å². The van der Waals surface area contributed by atoms with Gasteiger partial charge < -0.3 is 14.8 Å². The van der Waals surface area contributed by atoms with E-state index in [9.17, 15) is 4.79 Å². The van der Waals surface area contributed by atoms with Crippen LogP contribution in [0.3, 0.4) is 0 Å². The summed E-state index contributed by atoms with van der Waals surface area (Å²) < 4.78 is 10.4. The number of carbonyl (C=O) groups is 1. The molecule has 0 aliphatic carbocycles. The molecule has 0 fully saturated rings. The third kappa shape index (κ3) is 6.25. The maximum atomic E-state index is 11.5. The van der Waals surface area contributed by atoms with Gasteiger partial charge in [-0.15, -0.1) is 0 Å². The zero-order valence-electron chi connectivity index (χ0n) is 12.0. The Hall–Kier alpha value is -1.55. The number of amides is 1. The Kier molecular flexibility index (Phi) is 6.97. The first kappa shape index (κ1) is 15.5. The van der Waals surface area contributed by atoms with Crippen molar-refractivity contribution in [1.29, 1.82) is 0 Å². The number of nitrogens with one attached hydrogen (secondary N) is 1. The predicted molar refractivity (Wildman–Crippen MR) is 75.5 cm³/mol. The van der Waals surface area contributed by atoms with Crippen molar-refractivity contribution >= 4 is 5.91 Å². The summed E-state index contributed by atoms with van der Waals surface area (Å²) in [5.74, 6) is 0.647. The quantitative estimate of drug-likeness (QED) is 0.733. The molecule has 1 amide bonds. The first-order valence-electron chi connectivity index (χ1n) is 6.59. The summed E-state index contributed by atoms with van der Waals surface area (Å²) in [7, 11) is 1.68. The summed E-state index contributed by atoms with van der Waals surface area (Å²) in [4.78, 5) is 11.5. The number of carbonyl (C=O) groups excluding carboxylic acids is 1. The molecule has 0 saturated carbocycles. The lowest BCUT2D eigenvalue weighted by Gasteiger charge is -2.09. The van der Waals surface area contributed by atoms with Crippen molar-refractivity contribution in [3.63, 3.8) is 0 Å². The second kappa shape index (κ2) is 8.53. The summed E-state index contributed by atoms with van der Waals surface area (Å²) in [6.07, 6.45) is 1.87. The fraction of sp³-hybridized carbons (Fsp3) is 0.533. The van der Waals surface area contributed by atoms with Gasteiger partial charge in [-0.05, 0) is 49.9 Å². The normalized spacial score (nSPS) is 10.3. The molecule has 0 heterocycles. The highest BCUT2D eigenvalue weighted by molar-refractivity contribution is 5.77.